The van der Waals surface area contributed by atoms with Crippen LogP contribution in [0.5, 0.6) is 0 Å². The minimum Gasteiger partial charge on any atom is -0.350 e. The topological polar surface area (TPSA) is 39.0 Å². The number of hydrogen-bond acceptors (Lipinski definition) is 1. The second kappa shape index (κ2) is 6.58. The summed E-state index contributed by atoms with van der Waals surface area (Å²) >= 11 is 0. The fourth-order valence-electron chi connectivity index (χ4n) is 3.73. The molecule has 138 valence electrons. The van der Waals surface area contributed by atoms with Crippen LogP contribution in [0.2, 0.25) is 0 Å². The van der Waals surface area contributed by atoms with E-state index >= 15 is 0 Å². The van der Waals surface area contributed by atoms with Gasteiger partial charge in [-0.2, -0.15) is 0 Å². The van der Waals surface area contributed by atoms with Gasteiger partial charge in [0.1, 0.15) is 11.5 Å². The lowest BCUT2D eigenvalue weighted by Gasteiger charge is -2.06. The van der Waals surface area contributed by atoms with Gasteiger partial charge in [-0.1, -0.05) is 11.6 Å². The van der Waals surface area contributed by atoms with Crippen LogP contribution in [0.4, 0.5) is 4.39 Å². The molecule has 0 bridgehead atoms. The highest BCUT2D eigenvalue weighted by Gasteiger charge is 2.14. The first-order valence-corrected chi connectivity index (χ1v) is 9.02. The van der Waals surface area contributed by atoms with E-state index in [0.29, 0.717) is 18.7 Å². The number of carbonyl (C=O) groups excluding carboxylic acids is 1. The molecule has 0 spiro atoms. The third kappa shape index (κ3) is 3.10. The van der Waals surface area contributed by atoms with Crippen LogP contribution in [-0.2, 0) is 20.5 Å². The lowest BCUT2D eigenvalue weighted by atomic mass is 10.1. The molecule has 0 atom stereocenters. The molecule has 0 radical (unpaired) electrons. The first-order valence-electron chi connectivity index (χ1n) is 9.02. The number of aryl methyl sites for hydroxylation is 3. The van der Waals surface area contributed by atoms with E-state index in [9.17, 15) is 9.18 Å². The maximum Gasteiger partial charge on any atom is 0.267 e. The van der Waals surface area contributed by atoms with E-state index in [-0.39, 0.29) is 11.7 Å². The average molecular weight is 363 g/mol. The summed E-state index contributed by atoms with van der Waals surface area (Å²) in [7, 11) is 3.85. The van der Waals surface area contributed by atoms with E-state index in [4.69, 9.17) is 0 Å². The SMILES string of the molecule is Cc1ccc2c(c1)cc(C(=O)NCCc1cn(C)c3ccc(F)cc13)n2C. The third-order valence-electron chi connectivity index (χ3n) is 5.14. The largest absolute Gasteiger partial charge is 0.350 e. The van der Waals surface area contributed by atoms with Gasteiger partial charge in [-0.05, 0) is 55.3 Å². The molecule has 1 amide bonds. The number of carbonyl (C=O) groups is 1. The molecule has 0 fully saturated rings. The van der Waals surface area contributed by atoms with Crippen molar-refractivity contribution < 1.29 is 9.18 Å². The van der Waals surface area contributed by atoms with Gasteiger partial charge in [-0.15, -0.1) is 0 Å². The van der Waals surface area contributed by atoms with E-state index < -0.39 is 0 Å². The van der Waals surface area contributed by atoms with Crippen molar-refractivity contribution >= 4 is 27.7 Å². The quantitative estimate of drug-likeness (QED) is 0.583. The Bertz CT molecular complexity index is 1170. The van der Waals surface area contributed by atoms with E-state index in [2.05, 4.69) is 11.4 Å². The molecule has 2 aromatic carbocycles. The maximum atomic E-state index is 13.6. The number of benzene rings is 2. The Balaban J connectivity index is 1.51. The fourth-order valence-corrected chi connectivity index (χ4v) is 3.73. The minimum absolute atomic E-state index is 0.0993. The normalized spacial score (nSPS) is 11.4. The van der Waals surface area contributed by atoms with Gasteiger partial charge in [0.15, 0.2) is 0 Å². The zero-order chi connectivity index (χ0) is 19.1. The van der Waals surface area contributed by atoms with Crippen LogP contribution in [0.1, 0.15) is 21.6 Å². The summed E-state index contributed by atoms with van der Waals surface area (Å²) in [5.41, 5.74) is 4.86. The van der Waals surface area contributed by atoms with Crippen molar-refractivity contribution in [2.24, 2.45) is 14.1 Å². The maximum absolute atomic E-state index is 13.6. The average Bonchev–Trinajstić information content (AvgIpc) is 3.12. The molecular formula is C22H22FN3O. The standard InChI is InChI=1S/C22H22FN3O/c1-14-4-6-19-16(10-14)11-21(26(19)3)22(27)24-9-8-15-13-25(2)20-7-5-17(23)12-18(15)20/h4-7,10-13H,8-9H2,1-3H3,(H,24,27). The second-order valence-corrected chi connectivity index (χ2v) is 7.08. The summed E-state index contributed by atoms with van der Waals surface area (Å²) in [5, 5.41) is 4.95. The number of fused-ring (bicyclic) bond motifs is 2. The molecule has 0 saturated carbocycles. The molecule has 1 N–H and O–H groups in total. The lowest BCUT2D eigenvalue weighted by Crippen LogP contribution is -2.27. The molecule has 0 unspecified atom stereocenters. The smallest absolute Gasteiger partial charge is 0.267 e. The summed E-state index contributed by atoms with van der Waals surface area (Å²) in [6, 6.07) is 12.9. The van der Waals surface area contributed by atoms with Gasteiger partial charge in [0.2, 0.25) is 0 Å². The van der Waals surface area contributed by atoms with Gasteiger partial charge >= 0.3 is 0 Å². The number of aromatic nitrogens is 2. The van der Waals surface area contributed by atoms with Gasteiger partial charge in [-0.25, -0.2) is 4.39 Å². The Morgan fingerprint density at radius 3 is 2.67 bits per heavy atom. The van der Waals surface area contributed by atoms with Crippen LogP contribution in [0.25, 0.3) is 21.8 Å². The molecule has 27 heavy (non-hydrogen) atoms. The molecule has 4 aromatic rings. The molecule has 2 heterocycles. The molecule has 0 aliphatic rings. The van der Waals surface area contributed by atoms with Crippen molar-refractivity contribution in [3.8, 4) is 0 Å². The Labute approximate surface area is 157 Å². The molecule has 0 saturated heterocycles. The zero-order valence-electron chi connectivity index (χ0n) is 15.7. The zero-order valence-corrected chi connectivity index (χ0v) is 15.7. The van der Waals surface area contributed by atoms with E-state index in [1.807, 2.05) is 54.5 Å². The Kier molecular flexibility index (Phi) is 4.22. The van der Waals surface area contributed by atoms with Crippen molar-refractivity contribution in [3.05, 3.63) is 71.3 Å². The van der Waals surface area contributed by atoms with Crippen LogP contribution in [0.15, 0.2) is 48.7 Å². The number of rotatable bonds is 4. The molecule has 0 aliphatic carbocycles. The van der Waals surface area contributed by atoms with Crippen molar-refractivity contribution in [3.63, 3.8) is 0 Å². The second-order valence-electron chi connectivity index (χ2n) is 7.08. The van der Waals surface area contributed by atoms with Crippen molar-refractivity contribution in [2.45, 2.75) is 13.3 Å². The van der Waals surface area contributed by atoms with Crippen LogP contribution < -0.4 is 5.32 Å². The Hall–Kier alpha value is -3.08. The summed E-state index contributed by atoms with van der Waals surface area (Å²) in [6.07, 6.45) is 2.64. The van der Waals surface area contributed by atoms with Gasteiger partial charge in [0.25, 0.3) is 5.91 Å². The van der Waals surface area contributed by atoms with E-state index in [1.54, 1.807) is 12.1 Å². The van der Waals surface area contributed by atoms with Crippen LogP contribution in [-0.4, -0.2) is 21.6 Å². The molecule has 4 rings (SSSR count). The number of nitrogens with one attached hydrogen (secondary N) is 1. The van der Waals surface area contributed by atoms with E-state index in [1.165, 1.54) is 11.6 Å². The van der Waals surface area contributed by atoms with Gasteiger partial charge in [-0.3, -0.25) is 4.79 Å². The number of amides is 1. The Morgan fingerprint density at radius 1 is 1.07 bits per heavy atom. The number of hydrogen-bond donors (Lipinski definition) is 1. The predicted octanol–water partition coefficient (Wildman–Crippen LogP) is 4.09. The summed E-state index contributed by atoms with van der Waals surface area (Å²) in [4.78, 5) is 12.6. The number of halogens is 1. The number of nitrogens with zero attached hydrogens (tertiary/aromatic N) is 2. The lowest BCUT2D eigenvalue weighted by molar-refractivity contribution is 0.0946. The van der Waals surface area contributed by atoms with Gasteiger partial charge in [0, 0.05) is 48.6 Å². The first-order chi connectivity index (χ1) is 12.9. The monoisotopic (exact) mass is 363 g/mol. The molecule has 4 nitrogen and oxygen atoms in total. The molecule has 2 aromatic heterocycles. The summed E-state index contributed by atoms with van der Waals surface area (Å²) in [6.45, 7) is 2.54. The summed E-state index contributed by atoms with van der Waals surface area (Å²) in [5.74, 6) is -0.345. The predicted molar refractivity (Wildman–Crippen MR) is 107 cm³/mol. The van der Waals surface area contributed by atoms with Crippen LogP contribution in [0, 0.1) is 12.7 Å². The van der Waals surface area contributed by atoms with Crippen molar-refractivity contribution in [1.29, 1.82) is 0 Å². The fraction of sp³-hybridized carbons (Fsp3) is 0.227. The first kappa shape index (κ1) is 17.3. The highest BCUT2D eigenvalue weighted by molar-refractivity contribution is 5.98. The van der Waals surface area contributed by atoms with Crippen LogP contribution in [0.3, 0.4) is 0 Å². The highest BCUT2D eigenvalue weighted by atomic mass is 19.1. The van der Waals surface area contributed by atoms with Gasteiger partial charge < -0.3 is 14.5 Å². The van der Waals surface area contributed by atoms with E-state index in [0.717, 1.165) is 27.4 Å². The molecule has 5 heteroatoms. The Morgan fingerprint density at radius 2 is 1.85 bits per heavy atom. The molecular weight excluding hydrogens is 341 g/mol. The molecule has 0 aliphatic heterocycles. The minimum atomic E-state index is -0.246. The van der Waals surface area contributed by atoms with Crippen molar-refractivity contribution in [1.82, 2.24) is 14.5 Å². The highest BCUT2D eigenvalue weighted by Crippen LogP contribution is 2.22. The summed E-state index contributed by atoms with van der Waals surface area (Å²) < 4.78 is 17.5. The van der Waals surface area contributed by atoms with Crippen LogP contribution >= 0.6 is 0 Å². The van der Waals surface area contributed by atoms with Gasteiger partial charge in [0.05, 0.1) is 0 Å². The third-order valence-corrected chi connectivity index (χ3v) is 5.14. The van der Waals surface area contributed by atoms with Crippen molar-refractivity contribution in [2.75, 3.05) is 6.54 Å².